The molecule has 1 atom stereocenters. The highest BCUT2D eigenvalue weighted by atomic mass is 16.3. The molecule has 0 fully saturated rings. The van der Waals surface area contributed by atoms with Crippen LogP contribution in [-0.2, 0) is 7.05 Å². The van der Waals surface area contributed by atoms with Crippen molar-refractivity contribution in [1.29, 1.82) is 0 Å². The Balaban J connectivity index is 1.91. The number of nitrogens with zero attached hydrogens (tertiary/aromatic N) is 3. The number of aryl methyl sites for hydroxylation is 1. The normalized spacial score (nSPS) is 12.5. The van der Waals surface area contributed by atoms with Gasteiger partial charge in [0.2, 0.25) is 0 Å². The summed E-state index contributed by atoms with van der Waals surface area (Å²) in [5, 5.41) is 7.42. The lowest BCUT2D eigenvalue weighted by Crippen LogP contribution is -2.32. The lowest BCUT2D eigenvalue weighted by atomic mass is 10.0. The Morgan fingerprint density at radius 3 is 2.76 bits per heavy atom. The van der Waals surface area contributed by atoms with E-state index in [9.17, 15) is 9.59 Å². The van der Waals surface area contributed by atoms with Gasteiger partial charge in [0.25, 0.3) is 5.91 Å². The molecule has 3 aromatic rings. The highest BCUT2D eigenvalue weighted by Gasteiger charge is 2.22. The second-order valence-corrected chi connectivity index (χ2v) is 6.37. The van der Waals surface area contributed by atoms with Gasteiger partial charge in [0.15, 0.2) is 11.2 Å². The van der Waals surface area contributed by atoms with Crippen molar-refractivity contribution in [2.45, 2.75) is 26.3 Å². The molecule has 0 aliphatic rings. The first-order chi connectivity index (χ1) is 12.0. The van der Waals surface area contributed by atoms with Crippen molar-refractivity contribution < 1.29 is 9.21 Å². The molecule has 0 saturated carbocycles. The van der Waals surface area contributed by atoms with Gasteiger partial charge in [0.05, 0.1) is 11.4 Å². The second-order valence-electron chi connectivity index (χ2n) is 6.37. The van der Waals surface area contributed by atoms with Gasteiger partial charge in [-0.15, -0.1) is 0 Å². The van der Waals surface area contributed by atoms with Gasteiger partial charge in [-0.1, -0.05) is 26.0 Å². The minimum atomic E-state index is -0.448. The van der Waals surface area contributed by atoms with Gasteiger partial charge in [0, 0.05) is 13.1 Å². The van der Waals surface area contributed by atoms with Crippen LogP contribution in [0.5, 0.6) is 0 Å². The molecular formula is C18H20N4O3. The van der Waals surface area contributed by atoms with Gasteiger partial charge in [-0.2, -0.15) is 5.10 Å². The molecule has 1 aromatic carbocycles. The Hall–Kier alpha value is -2.96. The van der Waals surface area contributed by atoms with Crippen LogP contribution in [0, 0.1) is 5.92 Å². The van der Waals surface area contributed by atoms with E-state index in [1.807, 2.05) is 0 Å². The first-order valence-corrected chi connectivity index (χ1v) is 8.13. The van der Waals surface area contributed by atoms with E-state index in [0.29, 0.717) is 29.1 Å². The zero-order valence-corrected chi connectivity index (χ0v) is 14.4. The zero-order valence-electron chi connectivity index (χ0n) is 14.4. The maximum absolute atomic E-state index is 12.6. The summed E-state index contributed by atoms with van der Waals surface area (Å²) in [5.41, 5.74) is 0.144. The fourth-order valence-corrected chi connectivity index (χ4v) is 2.77. The van der Waals surface area contributed by atoms with Crippen LogP contribution in [0.2, 0.25) is 0 Å². The maximum atomic E-state index is 12.6. The Bertz CT molecular complexity index is 958. The van der Waals surface area contributed by atoms with Crippen LogP contribution in [0.4, 0.5) is 0 Å². The van der Waals surface area contributed by atoms with Crippen LogP contribution < -0.4 is 10.7 Å². The Kier molecular flexibility index (Phi) is 4.65. The van der Waals surface area contributed by atoms with E-state index >= 15 is 0 Å². The number of rotatable bonds is 5. The number of amides is 1. The SMILES string of the molecule is CC(C)C[C@H](NC(=O)c1cc(=O)c2ccccc2o1)c1ncnn1C. The standard InChI is InChI=1S/C18H20N4O3/c1-11(2)8-13(17-19-10-20-22(17)3)21-18(24)16-9-14(23)12-6-4-5-7-15(12)25-16/h4-7,9-11,13H,8H2,1-3H3,(H,21,24)/t13-/m0/s1. The third kappa shape index (κ3) is 3.60. The zero-order chi connectivity index (χ0) is 18.0. The number of hydrogen-bond donors (Lipinski definition) is 1. The molecule has 0 aliphatic heterocycles. The molecule has 0 bridgehead atoms. The fraction of sp³-hybridized carbons (Fsp3) is 0.333. The largest absolute Gasteiger partial charge is 0.451 e. The summed E-state index contributed by atoms with van der Waals surface area (Å²) >= 11 is 0. The number of fused-ring (bicyclic) bond motifs is 1. The first-order valence-electron chi connectivity index (χ1n) is 8.13. The van der Waals surface area contributed by atoms with Crippen LogP contribution >= 0.6 is 0 Å². The number of aromatic nitrogens is 3. The second kappa shape index (κ2) is 6.88. The summed E-state index contributed by atoms with van der Waals surface area (Å²) in [6, 6.07) is 7.75. The fourth-order valence-electron chi connectivity index (χ4n) is 2.77. The van der Waals surface area contributed by atoms with Gasteiger partial charge in [-0.05, 0) is 24.5 Å². The smallest absolute Gasteiger partial charge is 0.287 e. The average Bonchev–Trinajstić information content (AvgIpc) is 2.99. The lowest BCUT2D eigenvalue weighted by Gasteiger charge is -2.19. The molecule has 0 aliphatic carbocycles. The average molecular weight is 340 g/mol. The summed E-state index contributed by atoms with van der Waals surface area (Å²) in [6.45, 7) is 4.12. The summed E-state index contributed by atoms with van der Waals surface area (Å²) in [4.78, 5) is 29.0. The number of carbonyl (C=O) groups is 1. The summed E-state index contributed by atoms with van der Waals surface area (Å²) in [7, 11) is 1.78. The van der Waals surface area contributed by atoms with Crippen LogP contribution in [0.15, 0.2) is 45.9 Å². The maximum Gasteiger partial charge on any atom is 0.287 e. The van der Waals surface area contributed by atoms with Crippen molar-refractivity contribution in [3.05, 3.63) is 58.5 Å². The van der Waals surface area contributed by atoms with E-state index in [2.05, 4.69) is 29.2 Å². The number of hydrogen-bond acceptors (Lipinski definition) is 5. The van der Waals surface area contributed by atoms with Crippen LogP contribution in [0.25, 0.3) is 11.0 Å². The highest BCUT2D eigenvalue weighted by Crippen LogP contribution is 2.20. The van der Waals surface area contributed by atoms with E-state index in [1.165, 1.54) is 12.4 Å². The van der Waals surface area contributed by atoms with Crippen molar-refractivity contribution in [3.8, 4) is 0 Å². The minimum absolute atomic E-state index is 0.0142. The molecule has 2 heterocycles. The summed E-state index contributed by atoms with van der Waals surface area (Å²) < 4.78 is 7.23. The third-order valence-electron chi connectivity index (χ3n) is 3.93. The monoisotopic (exact) mass is 340 g/mol. The van der Waals surface area contributed by atoms with Gasteiger partial charge in [0.1, 0.15) is 17.7 Å². The molecule has 2 aromatic heterocycles. The molecule has 7 heteroatoms. The molecule has 3 rings (SSSR count). The predicted molar refractivity (Wildman–Crippen MR) is 93.1 cm³/mol. The van der Waals surface area contributed by atoms with Gasteiger partial charge >= 0.3 is 0 Å². The van der Waals surface area contributed by atoms with Gasteiger partial charge in [-0.3, -0.25) is 14.3 Å². The molecule has 0 unspecified atom stereocenters. The topological polar surface area (TPSA) is 90.0 Å². The van der Waals surface area contributed by atoms with E-state index in [1.54, 1.807) is 36.0 Å². The van der Waals surface area contributed by atoms with Gasteiger partial charge in [-0.25, -0.2) is 4.98 Å². The van der Waals surface area contributed by atoms with Crippen molar-refractivity contribution in [1.82, 2.24) is 20.1 Å². The highest BCUT2D eigenvalue weighted by molar-refractivity contribution is 5.93. The molecular weight excluding hydrogens is 320 g/mol. The quantitative estimate of drug-likeness (QED) is 0.770. The van der Waals surface area contributed by atoms with Crippen molar-refractivity contribution in [2.24, 2.45) is 13.0 Å². The van der Waals surface area contributed by atoms with Crippen LogP contribution in [0.1, 0.15) is 42.7 Å². The van der Waals surface area contributed by atoms with Crippen molar-refractivity contribution in [3.63, 3.8) is 0 Å². The molecule has 130 valence electrons. The van der Waals surface area contributed by atoms with Crippen LogP contribution in [0.3, 0.4) is 0 Å². The van der Waals surface area contributed by atoms with E-state index in [0.717, 1.165) is 0 Å². The van der Waals surface area contributed by atoms with Crippen molar-refractivity contribution in [2.75, 3.05) is 0 Å². The molecule has 0 saturated heterocycles. The summed E-state index contributed by atoms with van der Waals surface area (Å²) in [6.07, 6.45) is 2.14. The lowest BCUT2D eigenvalue weighted by molar-refractivity contribution is 0.0901. The molecule has 0 radical (unpaired) electrons. The van der Waals surface area contributed by atoms with E-state index < -0.39 is 5.91 Å². The molecule has 1 N–H and O–H groups in total. The minimum Gasteiger partial charge on any atom is -0.451 e. The molecule has 0 spiro atoms. The van der Waals surface area contributed by atoms with E-state index in [4.69, 9.17) is 4.42 Å². The third-order valence-corrected chi connectivity index (χ3v) is 3.93. The van der Waals surface area contributed by atoms with Crippen LogP contribution in [-0.4, -0.2) is 20.7 Å². The van der Waals surface area contributed by atoms with Gasteiger partial charge < -0.3 is 9.73 Å². The predicted octanol–water partition coefficient (Wildman–Crippen LogP) is 2.44. The Labute approximate surface area is 144 Å². The number of para-hydroxylation sites is 1. The number of benzene rings is 1. The number of carbonyl (C=O) groups excluding carboxylic acids is 1. The number of nitrogens with one attached hydrogen (secondary N) is 1. The molecule has 1 amide bonds. The Morgan fingerprint density at radius 2 is 2.08 bits per heavy atom. The van der Waals surface area contributed by atoms with E-state index in [-0.39, 0.29) is 17.2 Å². The molecule has 25 heavy (non-hydrogen) atoms. The molecule has 7 nitrogen and oxygen atoms in total. The summed E-state index contributed by atoms with van der Waals surface area (Å²) in [5.74, 6) is 0.534. The first kappa shape index (κ1) is 16.9. The Morgan fingerprint density at radius 1 is 1.32 bits per heavy atom. The van der Waals surface area contributed by atoms with Crippen molar-refractivity contribution >= 4 is 16.9 Å².